The highest BCUT2D eigenvalue weighted by Gasteiger charge is 2.22. The number of hydrogen-bond acceptors (Lipinski definition) is 3. The molecule has 0 saturated carbocycles. The molecular weight excluding hydrogens is 178 g/mol. The lowest BCUT2D eigenvalue weighted by atomic mass is 10.8. The molecule has 0 heterocycles. The van der Waals surface area contributed by atoms with Gasteiger partial charge in [-0.05, 0) is 6.92 Å². The Balaban J connectivity index is 4.29. The first-order valence-corrected chi connectivity index (χ1v) is 5.12. The molecule has 10 heavy (non-hydrogen) atoms. The second kappa shape index (κ2) is 3.46. The third-order valence-corrected chi connectivity index (χ3v) is 3.26. The summed E-state index contributed by atoms with van der Waals surface area (Å²) < 4.78 is 24.3. The third kappa shape index (κ3) is 3.30. The van der Waals surface area contributed by atoms with Crippen LogP contribution in [-0.4, -0.2) is 9.79 Å². The highest BCUT2D eigenvalue weighted by molar-refractivity contribution is 7.63. The average Bonchev–Trinajstić information content (AvgIpc) is 1.60. The molecule has 0 radical (unpaired) electrons. The number of hydrogen-bond donors (Lipinski definition) is 2. The van der Waals surface area contributed by atoms with Crippen molar-refractivity contribution in [3.05, 3.63) is 11.9 Å². The van der Waals surface area contributed by atoms with Crippen molar-refractivity contribution in [2.45, 2.75) is 6.92 Å². The van der Waals surface area contributed by atoms with E-state index in [0.29, 0.717) is 0 Å². The molecule has 2 N–H and O–H groups in total. The number of rotatable bonds is 3. The second-order valence-corrected chi connectivity index (χ2v) is 4.68. The van der Waals surface area contributed by atoms with Crippen molar-refractivity contribution in [1.29, 1.82) is 0 Å². The quantitative estimate of drug-likeness (QED) is 0.644. The van der Waals surface area contributed by atoms with Gasteiger partial charge in [-0.1, -0.05) is 6.58 Å². The first-order chi connectivity index (χ1) is 4.36. The van der Waals surface area contributed by atoms with Crippen molar-refractivity contribution in [3.8, 4) is 0 Å². The molecule has 0 rings (SSSR count). The average molecular weight is 186 g/mol. The van der Waals surface area contributed by atoms with E-state index in [2.05, 4.69) is 10.9 Å². The summed E-state index contributed by atoms with van der Waals surface area (Å²) in [6.45, 7) is 4.35. The fraction of sp³-hybridized carbons (Fsp3) is 0.333. The molecule has 0 aliphatic rings. The van der Waals surface area contributed by atoms with Crippen molar-refractivity contribution in [1.82, 2.24) is 0 Å². The Morgan fingerprint density at radius 2 is 2.20 bits per heavy atom. The van der Waals surface area contributed by atoms with E-state index in [0.717, 1.165) is 0 Å². The maximum absolute atomic E-state index is 10.6. The molecule has 60 valence electrons. The highest BCUT2D eigenvalue weighted by Crippen LogP contribution is 2.55. The lowest BCUT2D eigenvalue weighted by molar-refractivity contribution is 0.356. The normalized spacial score (nSPS) is 19.5. The SMILES string of the molecule is C=C(C)P(=O)(O)O[PH](=O)O. The topological polar surface area (TPSA) is 83.8 Å². The standard InChI is InChI=1S/C3H8O5P2/c1-3(2)10(6,7)8-9(4)5/h9H,1H2,2H3,(H,4,5)(H,6,7). The van der Waals surface area contributed by atoms with Gasteiger partial charge in [0.05, 0.1) is 0 Å². The van der Waals surface area contributed by atoms with Crippen LogP contribution in [0.5, 0.6) is 0 Å². The molecule has 0 aliphatic carbocycles. The van der Waals surface area contributed by atoms with E-state index in [1.165, 1.54) is 6.92 Å². The van der Waals surface area contributed by atoms with Gasteiger partial charge in [-0.25, -0.2) is 4.31 Å². The van der Waals surface area contributed by atoms with Crippen LogP contribution in [0.1, 0.15) is 6.92 Å². The summed E-state index contributed by atoms with van der Waals surface area (Å²) in [5, 5.41) is -0.153. The van der Waals surface area contributed by atoms with Gasteiger partial charge in [0, 0.05) is 5.31 Å². The Morgan fingerprint density at radius 3 is 2.30 bits per heavy atom. The largest absolute Gasteiger partial charge is 0.360 e. The molecular formula is C3H8O5P2. The molecule has 0 fully saturated rings. The molecule has 0 bridgehead atoms. The first kappa shape index (κ1) is 10.1. The summed E-state index contributed by atoms with van der Waals surface area (Å²) in [6.07, 6.45) is 0. The molecule has 2 unspecified atom stereocenters. The predicted octanol–water partition coefficient (Wildman–Crippen LogP) is 1.10. The van der Waals surface area contributed by atoms with E-state index in [1.807, 2.05) is 0 Å². The molecule has 0 aromatic rings. The fourth-order valence-corrected chi connectivity index (χ4v) is 1.65. The summed E-state index contributed by atoms with van der Waals surface area (Å²) in [4.78, 5) is 16.7. The molecule has 0 aromatic carbocycles. The Labute approximate surface area is 58.8 Å². The highest BCUT2D eigenvalue weighted by atomic mass is 31.2. The molecule has 2 atom stereocenters. The van der Waals surface area contributed by atoms with E-state index in [1.54, 1.807) is 0 Å². The van der Waals surface area contributed by atoms with Gasteiger partial charge < -0.3 is 9.79 Å². The Hall–Kier alpha value is 0.0800. The van der Waals surface area contributed by atoms with Crippen molar-refractivity contribution in [2.24, 2.45) is 0 Å². The Bertz CT molecular complexity index is 209. The van der Waals surface area contributed by atoms with Crippen molar-refractivity contribution in [3.63, 3.8) is 0 Å². The van der Waals surface area contributed by atoms with Gasteiger partial charge in [-0.15, -0.1) is 0 Å². The molecule has 5 nitrogen and oxygen atoms in total. The van der Waals surface area contributed by atoms with E-state index < -0.39 is 15.9 Å². The summed E-state index contributed by atoms with van der Waals surface area (Å²) >= 11 is 0. The van der Waals surface area contributed by atoms with Gasteiger partial charge >= 0.3 is 15.9 Å². The maximum Gasteiger partial charge on any atom is 0.360 e. The lowest BCUT2D eigenvalue weighted by Crippen LogP contribution is -1.80. The van der Waals surface area contributed by atoms with Gasteiger partial charge in [0.2, 0.25) is 0 Å². The Kier molecular flexibility index (Phi) is 3.49. The van der Waals surface area contributed by atoms with Crippen LogP contribution in [0, 0.1) is 0 Å². The van der Waals surface area contributed by atoms with Gasteiger partial charge in [-0.2, -0.15) is 0 Å². The first-order valence-electron chi connectivity index (χ1n) is 2.27. The van der Waals surface area contributed by atoms with E-state index in [9.17, 15) is 9.13 Å². The molecule has 0 aliphatic heterocycles. The van der Waals surface area contributed by atoms with Crippen molar-refractivity contribution in [2.75, 3.05) is 0 Å². The third-order valence-electron chi connectivity index (χ3n) is 0.684. The molecule has 0 saturated heterocycles. The zero-order valence-electron chi connectivity index (χ0n) is 5.27. The summed E-state index contributed by atoms with van der Waals surface area (Å²) in [6, 6.07) is 0. The monoisotopic (exact) mass is 186 g/mol. The number of allylic oxidation sites excluding steroid dienone is 1. The lowest BCUT2D eigenvalue weighted by Gasteiger charge is -2.07. The van der Waals surface area contributed by atoms with E-state index >= 15 is 0 Å². The minimum Gasteiger partial charge on any atom is -0.326 e. The van der Waals surface area contributed by atoms with Crippen LogP contribution in [0.2, 0.25) is 0 Å². The zero-order valence-corrected chi connectivity index (χ0v) is 7.17. The predicted molar refractivity (Wildman–Crippen MR) is 36.9 cm³/mol. The summed E-state index contributed by atoms with van der Waals surface area (Å²) in [7, 11) is -7.39. The van der Waals surface area contributed by atoms with Crippen molar-refractivity contribution >= 4 is 15.9 Å². The smallest absolute Gasteiger partial charge is 0.326 e. The van der Waals surface area contributed by atoms with Gasteiger partial charge in [0.25, 0.3) is 0 Å². The molecule has 0 amide bonds. The van der Waals surface area contributed by atoms with Crippen LogP contribution in [0.15, 0.2) is 11.9 Å². The Morgan fingerprint density at radius 1 is 1.80 bits per heavy atom. The molecule has 0 aromatic heterocycles. The minimum atomic E-state index is -4.03. The fourth-order valence-electron chi connectivity index (χ4n) is 0.184. The van der Waals surface area contributed by atoms with Crippen molar-refractivity contribution < 1.29 is 23.2 Å². The molecule has 7 heteroatoms. The van der Waals surface area contributed by atoms with Crippen LogP contribution in [-0.2, 0) is 13.4 Å². The van der Waals surface area contributed by atoms with Crippen LogP contribution in [0.3, 0.4) is 0 Å². The van der Waals surface area contributed by atoms with E-state index in [-0.39, 0.29) is 5.31 Å². The minimum absolute atomic E-state index is 0.153. The summed E-state index contributed by atoms with van der Waals surface area (Å²) in [5.74, 6) is 0. The maximum atomic E-state index is 10.6. The molecule has 0 spiro atoms. The van der Waals surface area contributed by atoms with Crippen LogP contribution < -0.4 is 0 Å². The van der Waals surface area contributed by atoms with Gasteiger partial charge in [0.15, 0.2) is 0 Å². The van der Waals surface area contributed by atoms with Crippen LogP contribution in [0.4, 0.5) is 0 Å². The van der Waals surface area contributed by atoms with Crippen LogP contribution in [0.25, 0.3) is 0 Å². The van der Waals surface area contributed by atoms with E-state index in [4.69, 9.17) is 9.79 Å². The van der Waals surface area contributed by atoms with Crippen LogP contribution >= 0.6 is 15.9 Å². The second-order valence-electron chi connectivity index (χ2n) is 1.61. The summed E-state index contributed by atoms with van der Waals surface area (Å²) in [5.41, 5.74) is 0. The van der Waals surface area contributed by atoms with Gasteiger partial charge in [-0.3, -0.25) is 9.13 Å². The van der Waals surface area contributed by atoms with Gasteiger partial charge in [0.1, 0.15) is 0 Å². The zero-order chi connectivity index (χ0) is 8.36.